The van der Waals surface area contributed by atoms with Gasteiger partial charge in [-0.2, -0.15) is 0 Å². The van der Waals surface area contributed by atoms with Crippen LogP contribution in [0.15, 0.2) is 18.2 Å². The molecule has 18 heavy (non-hydrogen) atoms. The fourth-order valence-electron chi connectivity index (χ4n) is 2.37. The lowest BCUT2D eigenvalue weighted by atomic mass is 10.0. The Labute approximate surface area is 113 Å². The summed E-state index contributed by atoms with van der Waals surface area (Å²) >= 11 is 5.96. The summed E-state index contributed by atoms with van der Waals surface area (Å²) in [5, 5.41) is 3.88. The molecular formula is C14H19ClN2O. The van der Waals surface area contributed by atoms with Gasteiger partial charge in [-0.3, -0.25) is 4.79 Å². The number of nitrogens with zero attached hydrogens (tertiary/aromatic N) is 1. The molecule has 1 aliphatic rings. The average molecular weight is 267 g/mol. The van der Waals surface area contributed by atoms with Crippen molar-refractivity contribution in [1.29, 1.82) is 0 Å². The third kappa shape index (κ3) is 2.85. The van der Waals surface area contributed by atoms with Crippen LogP contribution < -0.4 is 5.32 Å². The highest BCUT2D eigenvalue weighted by Crippen LogP contribution is 2.19. The molecule has 2 rings (SSSR count). The Balaban J connectivity index is 2.10. The highest BCUT2D eigenvalue weighted by atomic mass is 35.5. The van der Waals surface area contributed by atoms with Gasteiger partial charge in [0.2, 0.25) is 0 Å². The molecule has 0 aliphatic carbocycles. The van der Waals surface area contributed by atoms with Crippen LogP contribution in [0, 0.1) is 6.92 Å². The Morgan fingerprint density at radius 1 is 1.39 bits per heavy atom. The van der Waals surface area contributed by atoms with Crippen LogP contribution in [0.3, 0.4) is 0 Å². The number of piperidine rings is 1. The summed E-state index contributed by atoms with van der Waals surface area (Å²) in [6.07, 6.45) is 2.03. The lowest BCUT2D eigenvalue weighted by Gasteiger charge is -2.32. The second-order valence-corrected chi connectivity index (χ2v) is 5.25. The van der Waals surface area contributed by atoms with E-state index < -0.39 is 0 Å². The Bertz CT molecular complexity index is 439. The van der Waals surface area contributed by atoms with E-state index in [-0.39, 0.29) is 5.91 Å². The maximum Gasteiger partial charge on any atom is 0.254 e. The molecule has 0 atom stereocenters. The van der Waals surface area contributed by atoms with E-state index in [1.54, 1.807) is 6.07 Å². The molecule has 1 amide bonds. The topological polar surface area (TPSA) is 32.3 Å². The predicted octanol–water partition coefficient (Wildman–Crippen LogP) is 2.47. The molecular weight excluding hydrogens is 248 g/mol. The van der Waals surface area contributed by atoms with Crippen LogP contribution in [0.5, 0.6) is 0 Å². The van der Waals surface area contributed by atoms with Crippen molar-refractivity contribution in [3.63, 3.8) is 0 Å². The van der Waals surface area contributed by atoms with Crippen molar-refractivity contribution in [3.8, 4) is 0 Å². The van der Waals surface area contributed by atoms with Gasteiger partial charge in [0.05, 0.1) is 0 Å². The second kappa shape index (κ2) is 5.72. The quantitative estimate of drug-likeness (QED) is 0.892. The first-order valence-corrected chi connectivity index (χ1v) is 6.72. The number of nitrogens with one attached hydrogen (secondary N) is 1. The smallest absolute Gasteiger partial charge is 0.254 e. The molecule has 1 aromatic rings. The van der Waals surface area contributed by atoms with E-state index in [9.17, 15) is 4.79 Å². The van der Waals surface area contributed by atoms with Gasteiger partial charge in [-0.25, -0.2) is 0 Å². The van der Waals surface area contributed by atoms with Gasteiger partial charge in [0, 0.05) is 29.7 Å². The first-order valence-electron chi connectivity index (χ1n) is 6.34. The number of carbonyl (C=O) groups is 1. The number of amides is 1. The third-order valence-corrected chi connectivity index (χ3v) is 3.86. The van der Waals surface area contributed by atoms with Crippen LogP contribution in [-0.2, 0) is 0 Å². The van der Waals surface area contributed by atoms with Crippen molar-refractivity contribution >= 4 is 17.5 Å². The van der Waals surface area contributed by atoms with E-state index in [0.717, 1.165) is 37.1 Å². The van der Waals surface area contributed by atoms with Gasteiger partial charge < -0.3 is 10.2 Å². The zero-order valence-corrected chi connectivity index (χ0v) is 11.6. The first kappa shape index (κ1) is 13.4. The molecule has 1 fully saturated rings. The molecule has 4 heteroatoms. The summed E-state index contributed by atoms with van der Waals surface area (Å²) in [5.74, 6) is 0.101. The summed E-state index contributed by atoms with van der Waals surface area (Å²) < 4.78 is 0. The predicted molar refractivity (Wildman–Crippen MR) is 74.2 cm³/mol. The zero-order chi connectivity index (χ0) is 13.1. The Hall–Kier alpha value is -1.06. The third-order valence-electron chi connectivity index (χ3n) is 3.62. The van der Waals surface area contributed by atoms with Crippen LogP contribution in [0.4, 0.5) is 0 Å². The molecule has 3 nitrogen and oxygen atoms in total. The molecule has 0 spiro atoms. The molecule has 98 valence electrons. The van der Waals surface area contributed by atoms with E-state index in [0.29, 0.717) is 11.1 Å². The van der Waals surface area contributed by atoms with E-state index in [1.165, 1.54) is 0 Å². The Morgan fingerprint density at radius 3 is 2.67 bits per heavy atom. The molecule has 0 radical (unpaired) electrons. The number of benzene rings is 1. The summed E-state index contributed by atoms with van der Waals surface area (Å²) in [4.78, 5) is 14.3. The second-order valence-electron chi connectivity index (χ2n) is 4.81. The normalized spacial score (nSPS) is 16.9. The zero-order valence-electron chi connectivity index (χ0n) is 10.9. The lowest BCUT2D eigenvalue weighted by Crippen LogP contribution is -2.44. The van der Waals surface area contributed by atoms with E-state index in [2.05, 4.69) is 5.32 Å². The summed E-state index contributed by atoms with van der Waals surface area (Å²) in [6, 6.07) is 6.02. The number of carbonyl (C=O) groups excluding carboxylic acids is 1. The van der Waals surface area contributed by atoms with Gasteiger partial charge >= 0.3 is 0 Å². The monoisotopic (exact) mass is 266 g/mol. The molecule has 0 unspecified atom stereocenters. The van der Waals surface area contributed by atoms with Crippen LogP contribution in [0.2, 0.25) is 5.02 Å². The number of hydrogen-bond acceptors (Lipinski definition) is 2. The molecule has 1 N–H and O–H groups in total. The van der Waals surface area contributed by atoms with Crippen molar-refractivity contribution in [1.82, 2.24) is 10.2 Å². The first-order chi connectivity index (χ1) is 8.61. The van der Waals surface area contributed by atoms with E-state index in [1.807, 2.05) is 31.0 Å². The lowest BCUT2D eigenvalue weighted by molar-refractivity contribution is 0.0706. The SMILES string of the molecule is CNC1CCN(C(=O)c2cc(Cl)ccc2C)CC1. The van der Waals surface area contributed by atoms with Gasteiger partial charge in [-0.05, 0) is 44.5 Å². The highest BCUT2D eigenvalue weighted by molar-refractivity contribution is 6.31. The Kier molecular flexibility index (Phi) is 4.25. The van der Waals surface area contributed by atoms with Crippen molar-refractivity contribution in [2.75, 3.05) is 20.1 Å². The summed E-state index contributed by atoms with van der Waals surface area (Å²) in [6.45, 7) is 3.58. The van der Waals surface area contributed by atoms with Gasteiger partial charge in [0.15, 0.2) is 0 Å². The molecule has 1 aromatic carbocycles. The number of likely N-dealkylation sites (tertiary alicyclic amines) is 1. The van der Waals surface area contributed by atoms with Gasteiger partial charge in [-0.1, -0.05) is 17.7 Å². The molecule has 0 bridgehead atoms. The van der Waals surface area contributed by atoms with Gasteiger partial charge in [-0.15, -0.1) is 0 Å². The minimum atomic E-state index is 0.101. The van der Waals surface area contributed by atoms with E-state index in [4.69, 9.17) is 11.6 Å². The maximum atomic E-state index is 12.4. The minimum Gasteiger partial charge on any atom is -0.339 e. The van der Waals surface area contributed by atoms with Crippen LogP contribution in [-0.4, -0.2) is 37.0 Å². The largest absolute Gasteiger partial charge is 0.339 e. The number of rotatable bonds is 2. The minimum absolute atomic E-state index is 0.101. The maximum absolute atomic E-state index is 12.4. The van der Waals surface area contributed by atoms with Gasteiger partial charge in [0.25, 0.3) is 5.91 Å². The fourth-order valence-corrected chi connectivity index (χ4v) is 2.54. The fraction of sp³-hybridized carbons (Fsp3) is 0.500. The van der Waals surface area contributed by atoms with Crippen LogP contribution in [0.1, 0.15) is 28.8 Å². The standard InChI is InChI=1S/C14H19ClN2O/c1-10-3-4-11(15)9-13(10)14(18)17-7-5-12(16-2)6-8-17/h3-4,9,12,16H,5-8H2,1-2H3. The molecule has 0 saturated carbocycles. The van der Waals surface area contributed by atoms with Crippen molar-refractivity contribution in [2.45, 2.75) is 25.8 Å². The van der Waals surface area contributed by atoms with E-state index >= 15 is 0 Å². The van der Waals surface area contributed by atoms with Crippen LogP contribution in [0.25, 0.3) is 0 Å². The summed E-state index contributed by atoms with van der Waals surface area (Å²) in [7, 11) is 1.98. The molecule has 1 aliphatic heterocycles. The molecule has 1 saturated heterocycles. The van der Waals surface area contributed by atoms with Crippen molar-refractivity contribution < 1.29 is 4.79 Å². The number of aryl methyl sites for hydroxylation is 1. The molecule has 1 heterocycles. The van der Waals surface area contributed by atoms with Crippen molar-refractivity contribution in [2.24, 2.45) is 0 Å². The number of halogens is 1. The Morgan fingerprint density at radius 2 is 2.06 bits per heavy atom. The van der Waals surface area contributed by atoms with Crippen LogP contribution >= 0.6 is 11.6 Å². The van der Waals surface area contributed by atoms with Gasteiger partial charge in [0.1, 0.15) is 0 Å². The number of hydrogen-bond donors (Lipinski definition) is 1. The van der Waals surface area contributed by atoms with Crippen molar-refractivity contribution in [3.05, 3.63) is 34.3 Å². The summed E-state index contributed by atoms with van der Waals surface area (Å²) in [5.41, 5.74) is 1.71. The average Bonchev–Trinajstić information content (AvgIpc) is 2.41. The highest BCUT2D eigenvalue weighted by Gasteiger charge is 2.23. The molecule has 0 aromatic heterocycles.